The molecule has 0 N–H and O–H groups in total. The molecule has 0 rings (SSSR count). The molecule has 1 unspecified atom stereocenters. The highest BCUT2D eigenvalue weighted by Gasteiger charge is 2.19. The van der Waals surface area contributed by atoms with Crippen LogP contribution in [0.5, 0.6) is 0 Å². The van der Waals surface area contributed by atoms with Crippen molar-refractivity contribution in [1.82, 2.24) is 0 Å². The second kappa shape index (κ2) is 58.9. The number of esters is 3. The Kier molecular flexibility index (Phi) is 55.9. The minimum absolute atomic E-state index is 0.0917. The molecule has 0 aromatic rings. The van der Waals surface area contributed by atoms with Crippen LogP contribution in [0.25, 0.3) is 0 Å². The van der Waals surface area contributed by atoms with Gasteiger partial charge >= 0.3 is 17.9 Å². The second-order valence-electron chi connectivity index (χ2n) is 19.5. The number of hydrogen-bond donors (Lipinski definition) is 0. The van der Waals surface area contributed by atoms with Crippen molar-refractivity contribution < 1.29 is 28.6 Å². The van der Waals surface area contributed by atoms with E-state index < -0.39 is 6.10 Å². The van der Waals surface area contributed by atoms with Crippen LogP contribution in [0.2, 0.25) is 0 Å². The average Bonchev–Trinajstić information content (AvgIpc) is 3.37. The smallest absolute Gasteiger partial charge is 0.306 e. The number of ether oxygens (including phenoxy) is 3. The normalized spacial score (nSPS) is 12.8. The number of rotatable bonds is 53. The van der Waals surface area contributed by atoms with Gasteiger partial charge in [0.15, 0.2) is 6.10 Å². The molecular weight excluding hydrogens is 877 g/mol. The van der Waals surface area contributed by atoms with Crippen molar-refractivity contribution in [3.05, 3.63) is 97.2 Å². The van der Waals surface area contributed by atoms with Gasteiger partial charge in [-0.05, 0) is 96.3 Å². The minimum atomic E-state index is -0.794. The van der Waals surface area contributed by atoms with Crippen molar-refractivity contribution >= 4 is 17.9 Å². The molecule has 6 heteroatoms. The van der Waals surface area contributed by atoms with E-state index in [2.05, 4.69) is 118 Å². The van der Waals surface area contributed by atoms with E-state index in [9.17, 15) is 14.4 Å². The first-order chi connectivity index (χ1) is 35.0. The van der Waals surface area contributed by atoms with E-state index in [1.807, 2.05) is 0 Å². The number of allylic oxidation sites excluding steroid dienone is 16. The summed E-state index contributed by atoms with van der Waals surface area (Å²) in [5, 5.41) is 0. The predicted octanol–water partition coefficient (Wildman–Crippen LogP) is 20.1. The molecule has 0 fully saturated rings. The Labute approximate surface area is 438 Å². The van der Waals surface area contributed by atoms with Gasteiger partial charge < -0.3 is 14.2 Å². The molecule has 71 heavy (non-hydrogen) atoms. The summed E-state index contributed by atoms with van der Waals surface area (Å²) >= 11 is 0. The van der Waals surface area contributed by atoms with Crippen LogP contribution >= 0.6 is 0 Å². The van der Waals surface area contributed by atoms with Gasteiger partial charge in [-0.2, -0.15) is 0 Å². The molecule has 0 bridgehead atoms. The molecule has 0 aromatic heterocycles. The van der Waals surface area contributed by atoms with Crippen LogP contribution in [0.3, 0.4) is 0 Å². The van der Waals surface area contributed by atoms with Crippen LogP contribution in [0.4, 0.5) is 0 Å². The summed E-state index contributed by atoms with van der Waals surface area (Å²) in [6.07, 6.45) is 78.2. The van der Waals surface area contributed by atoms with Gasteiger partial charge in [0.05, 0.1) is 0 Å². The third-order valence-electron chi connectivity index (χ3n) is 12.6. The Morgan fingerprint density at radius 3 is 0.901 bits per heavy atom. The van der Waals surface area contributed by atoms with Crippen molar-refractivity contribution in [2.75, 3.05) is 13.2 Å². The Morgan fingerprint density at radius 1 is 0.296 bits per heavy atom. The highest BCUT2D eigenvalue weighted by Crippen LogP contribution is 2.16. The highest BCUT2D eigenvalue weighted by molar-refractivity contribution is 5.71. The summed E-state index contributed by atoms with van der Waals surface area (Å²) in [4.78, 5) is 38.2. The number of hydrogen-bond acceptors (Lipinski definition) is 6. The van der Waals surface area contributed by atoms with E-state index >= 15 is 0 Å². The first kappa shape index (κ1) is 67.3. The van der Waals surface area contributed by atoms with E-state index in [0.717, 1.165) is 135 Å². The Bertz CT molecular complexity index is 1410. The van der Waals surface area contributed by atoms with E-state index in [1.54, 1.807) is 0 Å². The molecule has 0 heterocycles. The monoisotopic (exact) mass is 987 g/mol. The van der Waals surface area contributed by atoms with Crippen molar-refractivity contribution in [3.8, 4) is 0 Å². The molecular formula is C65H110O6. The van der Waals surface area contributed by atoms with Gasteiger partial charge in [0.2, 0.25) is 0 Å². The SMILES string of the molecule is CC/C=C\C/C=C\C/C=C\C/C=C\C/C=C\C/C=C\CCCCCCC(=O)OCC(COC(=O)CCCCCCC/C=C\C/C=C\CCCC)OC(=O)CCCCCCCCCCCCCCCCCC. The quantitative estimate of drug-likeness (QED) is 0.0261. The lowest BCUT2D eigenvalue weighted by Crippen LogP contribution is -2.30. The Morgan fingerprint density at radius 2 is 0.563 bits per heavy atom. The van der Waals surface area contributed by atoms with Crippen LogP contribution in [0.1, 0.15) is 278 Å². The fraction of sp³-hybridized carbons (Fsp3) is 0.708. The van der Waals surface area contributed by atoms with E-state index in [0.29, 0.717) is 19.3 Å². The number of unbranched alkanes of at least 4 members (excludes halogenated alkanes) is 26. The number of carbonyl (C=O) groups excluding carboxylic acids is 3. The lowest BCUT2D eigenvalue weighted by Gasteiger charge is -2.18. The number of carbonyl (C=O) groups is 3. The Balaban J connectivity index is 4.42. The van der Waals surface area contributed by atoms with E-state index in [4.69, 9.17) is 14.2 Å². The van der Waals surface area contributed by atoms with Gasteiger partial charge in [-0.3, -0.25) is 14.4 Å². The molecule has 0 amide bonds. The summed E-state index contributed by atoms with van der Waals surface area (Å²) in [5.41, 5.74) is 0. The van der Waals surface area contributed by atoms with Crippen molar-refractivity contribution in [3.63, 3.8) is 0 Å². The minimum Gasteiger partial charge on any atom is -0.462 e. The highest BCUT2D eigenvalue weighted by atomic mass is 16.6. The summed E-state index contributed by atoms with van der Waals surface area (Å²) in [6.45, 7) is 6.47. The summed E-state index contributed by atoms with van der Waals surface area (Å²) in [7, 11) is 0. The van der Waals surface area contributed by atoms with Gasteiger partial charge in [-0.1, -0.05) is 259 Å². The molecule has 0 radical (unpaired) electrons. The average molecular weight is 988 g/mol. The lowest BCUT2D eigenvalue weighted by atomic mass is 10.0. The van der Waals surface area contributed by atoms with Crippen molar-refractivity contribution in [2.24, 2.45) is 0 Å². The van der Waals surface area contributed by atoms with Gasteiger partial charge in [0, 0.05) is 19.3 Å². The fourth-order valence-corrected chi connectivity index (χ4v) is 8.11. The largest absolute Gasteiger partial charge is 0.462 e. The molecule has 0 aliphatic rings. The molecule has 0 saturated carbocycles. The second-order valence-corrected chi connectivity index (χ2v) is 19.5. The molecule has 0 aliphatic carbocycles. The topological polar surface area (TPSA) is 78.9 Å². The van der Waals surface area contributed by atoms with Crippen LogP contribution < -0.4 is 0 Å². The fourth-order valence-electron chi connectivity index (χ4n) is 8.11. The first-order valence-electron chi connectivity index (χ1n) is 29.7. The van der Waals surface area contributed by atoms with Crippen LogP contribution in [-0.4, -0.2) is 37.2 Å². The maximum Gasteiger partial charge on any atom is 0.306 e. The van der Waals surface area contributed by atoms with Gasteiger partial charge in [0.1, 0.15) is 13.2 Å². The zero-order valence-corrected chi connectivity index (χ0v) is 46.5. The zero-order chi connectivity index (χ0) is 51.4. The van der Waals surface area contributed by atoms with Crippen molar-refractivity contribution in [2.45, 2.75) is 284 Å². The molecule has 406 valence electrons. The molecule has 0 spiro atoms. The predicted molar refractivity (Wildman–Crippen MR) is 307 cm³/mol. The van der Waals surface area contributed by atoms with Crippen LogP contribution in [0, 0.1) is 0 Å². The molecule has 0 aliphatic heterocycles. The molecule has 0 saturated heterocycles. The lowest BCUT2D eigenvalue weighted by molar-refractivity contribution is -0.167. The maximum atomic E-state index is 12.9. The first-order valence-corrected chi connectivity index (χ1v) is 29.7. The maximum absolute atomic E-state index is 12.9. The Hall–Kier alpha value is -3.67. The molecule has 1 atom stereocenters. The zero-order valence-electron chi connectivity index (χ0n) is 46.5. The molecule has 0 aromatic carbocycles. The summed E-state index contributed by atoms with van der Waals surface area (Å²) in [6, 6.07) is 0. The summed E-state index contributed by atoms with van der Waals surface area (Å²) in [5.74, 6) is -0.923. The van der Waals surface area contributed by atoms with Crippen LogP contribution in [-0.2, 0) is 28.6 Å². The van der Waals surface area contributed by atoms with Gasteiger partial charge in [0.25, 0.3) is 0 Å². The van der Waals surface area contributed by atoms with Crippen molar-refractivity contribution in [1.29, 1.82) is 0 Å². The standard InChI is InChI=1S/C65H110O6/c1-4-7-10-13-16-19-22-25-28-30-31-32-33-34-35-36-38-40-43-46-49-52-55-58-64(67)70-61-62(60-69-63(66)57-54-51-48-45-42-39-27-24-21-18-15-12-9-6-3)71-65(68)59-56-53-50-47-44-41-37-29-26-23-20-17-14-11-8-5-2/h7,10,15-16,18-19,24-25,27-28,31-32,34-35,38,40,62H,4-6,8-9,11-14,17,20-23,26,29-30,33,36-37,39,41-61H2,1-3H3/b10-7-,18-15-,19-16-,27-24-,28-25-,32-31-,35-34-,40-38-. The van der Waals surface area contributed by atoms with Crippen LogP contribution in [0.15, 0.2) is 97.2 Å². The third kappa shape index (κ3) is 57.1. The van der Waals surface area contributed by atoms with E-state index in [-0.39, 0.29) is 31.1 Å². The third-order valence-corrected chi connectivity index (χ3v) is 12.6. The molecule has 6 nitrogen and oxygen atoms in total. The van der Waals surface area contributed by atoms with Gasteiger partial charge in [-0.15, -0.1) is 0 Å². The summed E-state index contributed by atoms with van der Waals surface area (Å²) < 4.78 is 16.9. The van der Waals surface area contributed by atoms with Gasteiger partial charge in [-0.25, -0.2) is 0 Å². The van der Waals surface area contributed by atoms with E-state index in [1.165, 1.54) is 103 Å².